The first kappa shape index (κ1) is 12.5. The lowest BCUT2D eigenvalue weighted by Gasteiger charge is -2.21. The molecule has 3 nitrogen and oxygen atoms in total. The van der Waals surface area contributed by atoms with Crippen molar-refractivity contribution in [3.05, 3.63) is 23.5 Å². The SMILES string of the molecule is CCCNC(C)C(C)c1ncnc2sccc12. The van der Waals surface area contributed by atoms with Crippen LogP contribution in [0.15, 0.2) is 17.8 Å². The number of thiophene rings is 1. The third-order valence-corrected chi connectivity index (χ3v) is 4.01. The van der Waals surface area contributed by atoms with Gasteiger partial charge in [-0.15, -0.1) is 11.3 Å². The summed E-state index contributed by atoms with van der Waals surface area (Å²) in [7, 11) is 0. The van der Waals surface area contributed by atoms with Gasteiger partial charge < -0.3 is 5.32 Å². The van der Waals surface area contributed by atoms with Crippen molar-refractivity contribution < 1.29 is 0 Å². The molecule has 2 atom stereocenters. The van der Waals surface area contributed by atoms with E-state index in [1.54, 1.807) is 17.7 Å². The summed E-state index contributed by atoms with van der Waals surface area (Å²) in [6.07, 6.45) is 2.84. The topological polar surface area (TPSA) is 37.8 Å². The smallest absolute Gasteiger partial charge is 0.126 e. The second-order valence-corrected chi connectivity index (χ2v) is 5.32. The van der Waals surface area contributed by atoms with Crippen LogP contribution in [0, 0.1) is 0 Å². The highest BCUT2D eigenvalue weighted by Gasteiger charge is 2.18. The molecular formula is C13H19N3S. The van der Waals surface area contributed by atoms with Gasteiger partial charge in [0.15, 0.2) is 0 Å². The van der Waals surface area contributed by atoms with Gasteiger partial charge in [0, 0.05) is 17.3 Å². The van der Waals surface area contributed by atoms with E-state index < -0.39 is 0 Å². The van der Waals surface area contributed by atoms with Crippen molar-refractivity contribution in [2.24, 2.45) is 0 Å². The second kappa shape index (κ2) is 5.56. The van der Waals surface area contributed by atoms with E-state index >= 15 is 0 Å². The summed E-state index contributed by atoms with van der Waals surface area (Å²) >= 11 is 1.68. The molecule has 0 aromatic carbocycles. The Labute approximate surface area is 106 Å². The second-order valence-electron chi connectivity index (χ2n) is 4.43. The molecule has 0 saturated heterocycles. The molecule has 2 rings (SSSR count). The summed E-state index contributed by atoms with van der Waals surface area (Å²) < 4.78 is 0. The fourth-order valence-electron chi connectivity index (χ4n) is 1.96. The third kappa shape index (κ3) is 2.64. The minimum atomic E-state index is 0.404. The number of nitrogens with one attached hydrogen (secondary N) is 1. The summed E-state index contributed by atoms with van der Waals surface area (Å²) in [5.74, 6) is 0.404. The van der Waals surface area contributed by atoms with E-state index in [1.807, 2.05) is 0 Å². The van der Waals surface area contributed by atoms with E-state index in [1.165, 1.54) is 5.39 Å². The maximum Gasteiger partial charge on any atom is 0.126 e. The van der Waals surface area contributed by atoms with Crippen LogP contribution in [0.3, 0.4) is 0 Å². The molecule has 2 unspecified atom stereocenters. The Hall–Kier alpha value is -1.00. The number of hydrogen-bond acceptors (Lipinski definition) is 4. The van der Waals surface area contributed by atoms with E-state index in [2.05, 4.69) is 47.5 Å². The Kier molecular flexibility index (Phi) is 4.07. The van der Waals surface area contributed by atoms with Crippen molar-refractivity contribution >= 4 is 21.6 Å². The first-order valence-corrected chi connectivity index (χ1v) is 7.03. The molecule has 0 aliphatic rings. The zero-order valence-corrected chi connectivity index (χ0v) is 11.4. The zero-order valence-electron chi connectivity index (χ0n) is 10.6. The van der Waals surface area contributed by atoms with E-state index in [9.17, 15) is 0 Å². The number of nitrogens with zero attached hydrogens (tertiary/aromatic N) is 2. The number of rotatable bonds is 5. The lowest BCUT2D eigenvalue weighted by Crippen LogP contribution is -2.31. The standard InChI is InChI=1S/C13H19N3S/c1-4-6-14-10(3)9(2)12-11-5-7-17-13(11)16-8-15-12/h5,7-10,14H,4,6H2,1-3H3. The van der Waals surface area contributed by atoms with Crippen LogP contribution >= 0.6 is 11.3 Å². The highest BCUT2D eigenvalue weighted by molar-refractivity contribution is 7.16. The van der Waals surface area contributed by atoms with Gasteiger partial charge >= 0.3 is 0 Å². The minimum absolute atomic E-state index is 0.404. The average Bonchev–Trinajstić information content (AvgIpc) is 2.82. The molecule has 2 aromatic rings. The molecule has 0 aliphatic heterocycles. The monoisotopic (exact) mass is 249 g/mol. The van der Waals surface area contributed by atoms with Gasteiger partial charge in [-0.3, -0.25) is 0 Å². The van der Waals surface area contributed by atoms with Crippen molar-refractivity contribution in [1.82, 2.24) is 15.3 Å². The minimum Gasteiger partial charge on any atom is -0.314 e. The fourth-order valence-corrected chi connectivity index (χ4v) is 2.70. The van der Waals surface area contributed by atoms with Crippen molar-refractivity contribution in [1.29, 1.82) is 0 Å². The first-order chi connectivity index (χ1) is 8.24. The molecule has 17 heavy (non-hydrogen) atoms. The highest BCUT2D eigenvalue weighted by Crippen LogP contribution is 2.27. The van der Waals surface area contributed by atoms with E-state index in [0.717, 1.165) is 23.5 Å². The summed E-state index contributed by atoms with van der Waals surface area (Å²) in [4.78, 5) is 9.84. The van der Waals surface area contributed by atoms with Crippen LogP contribution in [0.1, 0.15) is 38.8 Å². The van der Waals surface area contributed by atoms with Gasteiger partial charge in [-0.25, -0.2) is 9.97 Å². The van der Waals surface area contributed by atoms with Gasteiger partial charge in [-0.05, 0) is 31.3 Å². The summed E-state index contributed by atoms with van der Waals surface area (Å²) in [6, 6.07) is 2.56. The Bertz CT molecular complexity index is 480. The molecule has 4 heteroatoms. The Balaban J connectivity index is 2.23. The molecule has 0 fully saturated rings. The summed E-state index contributed by atoms with van der Waals surface area (Å²) in [5.41, 5.74) is 1.16. The zero-order chi connectivity index (χ0) is 12.3. The largest absolute Gasteiger partial charge is 0.314 e. The van der Waals surface area contributed by atoms with Gasteiger partial charge in [0.05, 0.1) is 5.69 Å². The van der Waals surface area contributed by atoms with Crippen LogP contribution in [-0.2, 0) is 0 Å². The van der Waals surface area contributed by atoms with Crippen molar-refractivity contribution in [3.8, 4) is 0 Å². The van der Waals surface area contributed by atoms with E-state index in [4.69, 9.17) is 0 Å². The Morgan fingerprint density at radius 2 is 2.18 bits per heavy atom. The van der Waals surface area contributed by atoms with Crippen LogP contribution in [0.4, 0.5) is 0 Å². The van der Waals surface area contributed by atoms with Crippen LogP contribution < -0.4 is 5.32 Å². The Morgan fingerprint density at radius 1 is 1.35 bits per heavy atom. The molecule has 92 valence electrons. The van der Waals surface area contributed by atoms with Crippen LogP contribution in [0.25, 0.3) is 10.2 Å². The molecule has 2 heterocycles. The number of fused-ring (bicyclic) bond motifs is 1. The maximum atomic E-state index is 4.46. The van der Waals surface area contributed by atoms with Gasteiger partial charge in [-0.1, -0.05) is 13.8 Å². The van der Waals surface area contributed by atoms with Gasteiger partial charge in [-0.2, -0.15) is 0 Å². The van der Waals surface area contributed by atoms with Crippen molar-refractivity contribution in [2.45, 2.75) is 39.2 Å². The molecule has 0 radical (unpaired) electrons. The predicted octanol–water partition coefficient (Wildman–Crippen LogP) is 3.18. The van der Waals surface area contributed by atoms with Gasteiger partial charge in [0.25, 0.3) is 0 Å². The molecule has 0 amide bonds. The van der Waals surface area contributed by atoms with Crippen molar-refractivity contribution in [2.75, 3.05) is 6.54 Å². The van der Waals surface area contributed by atoms with Crippen LogP contribution in [0.2, 0.25) is 0 Å². The lowest BCUT2D eigenvalue weighted by molar-refractivity contribution is 0.476. The van der Waals surface area contributed by atoms with Crippen LogP contribution in [-0.4, -0.2) is 22.6 Å². The molecule has 2 aromatic heterocycles. The number of aromatic nitrogens is 2. The predicted molar refractivity (Wildman–Crippen MR) is 73.6 cm³/mol. The van der Waals surface area contributed by atoms with E-state index in [-0.39, 0.29) is 0 Å². The van der Waals surface area contributed by atoms with Gasteiger partial charge in [0.1, 0.15) is 11.2 Å². The maximum absolute atomic E-state index is 4.46. The lowest BCUT2D eigenvalue weighted by atomic mass is 9.97. The molecule has 1 N–H and O–H groups in total. The van der Waals surface area contributed by atoms with Crippen LogP contribution in [0.5, 0.6) is 0 Å². The highest BCUT2D eigenvalue weighted by atomic mass is 32.1. The molecule has 0 aliphatic carbocycles. The normalized spacial score (nSPS) is 15.0. The summed E-state index contributed by atoms with van der Waals surface area (Å²) in [5, 5.41) is 6.82. The van der Waals surface area contributed by atoms with Crippen molar-refractivity contribution in [3.63, 3.8) is 0 Å². The quantitative estimate of drug-likeness (QED) is 0.884. The average molecular weight is 249 g/mol. The molecule has 0 spiro atoms. The van der Waals surface area contributed by atoms with E-state index in [0.29, 0.717) is 12.0 Å². The van der Waals surface area contributed by atoms with Gasteiger partial charge in [0.2, 0.25) is 0 Å². The Morgan fingerprint density at radius 3 is 2.94 bits per heavy atom. The summed E-state index contributed by atoms with van der Waals surface area (Å²) in [6.45, 7) is 7.70. The molecule has 0 saturated carbocycles. The first-order valence-electron chi connectivity index (χ1n) is 6.15. The number of hydrogen-bond donors (Lipinski definition) is 1. The fraction of sp³-hybridized carbons (Fsp3) is 0.538. The molecule has 0 bridgehead atoms. The molecular weight excluding hydrogens is 230 g/mol. The third-order valence-electron chi connectivity index (χ3n) is 3.19.